The van der Waals surface area contributed by atoms with Crippen LogP contribution in [0.15, 0.2) is 48.5 Å². The molecule has 2 aromatic rings. The van der Waals surface area contributed by atoms with Crippen LogP contribution in [0.5, 0.6) is 11.5 Å². The fraction of sp³-hybridized carbons (Fsp3) is 0.235. The third-order valence-corrected chi connectivity index (χ3v) is 2.92. The number of aliphatic hydroxyl groups is 1. The molecule has 0 spiro atoms. The van der Waals surface area contributed by atoms with Crippen molar-refractivity contribution in [2.75, 3.05) is 13.2 Å². The summed E-state index contributed by atoms with van der Waals surface area (Å²) in [6.07, 6.45) is -0.515. The largest absolute Gasteiger partial charge is 0.490 e. The van der Waals surface area contributed by atoms with Crippen LogP contribution < -0.4 is 9.47 Å². The summed E-state index contributed by atoms with van der Waals surface area (Å²) in [7, 11) is 0. The molecule has 4 heteroatoms. The number of nitrogens with zero attached hydrogens (tertiary/aromatic N) is 1. The van der Waals surface area contributed by atoms with E-state index in [0.29, 0.717) is 30.3 Å². The van der Waals surface area contributed by atoms with Gasteiger partial charge in [0.1, 0.15) is 24.7 Å². The summed E-state index contributed by atoms with van der Waals surface area (Å²) < 4.78 is 11.1. The van der Waals surface area contributed by atoms with E-state index in [4.69, 9.17) is 14.7 Å². The second kappa shape index (κ2) is 7.32. The average molecular weight is 283 g/mol. The van der Waals surface area contributed by atoms with Crippen LogP contribution in [-0.2, 0) is 0 Å². The van der Waals surface area contributed by atoms with Crippen LogP contribution >= 0.6 is 0 Å². The highest BCUT2D eigenvalue weighted by atomic mass is 16.5. The van der Waals surface area contributed by atoms with E-state index >= 15 is 0 Å². The average Bonchev–Trinajstić information content (AvgIpc) is 2.52. The summed E-state index contributed by atoms with van der Waals surface area (Å²) in [4.78, 5) is 0. The molecule has 0 bridgehead atoms. The van der Waals surface area contributed by atoms with Crippen molar-refractivity contribution in [1.82, 2.24) is 0 Å². The van der Waals surface area contributed by atoms with Crippen LogP contribution in [0.3, 0.4) is 0 Å². The number of hydrogen-bond acceptors (Lipinski definition) is 4. The Morgan fingerprint density at radius 1 is 1.05 bits per heavy atom. The fourth-order valence-corrected chi connectivity index (χ4v) is 1.84. The first-order valence-corrected chi connectivity index (χ1v) is 6.73. The monoisotopic (exact) mass is 283 g/mol. The maximum atomic E-state index is 9.51. The zero-order valence-electron chi connectivity index (χ0n) is 11.8. The van der Waals surface area contributed by atoms with Crippen LogP contribution in [0.1, 0.15) is 24.2 Å². The number of rotatable bonds is 6. The van der Waals surface area contributed by atoms with Gasteiger partial charge < -0.3 is 14.6 Å². The van der Waals surface area contributed by atoms with E-state index in [1.165, 1.54) is 0 Å². The van der Waals surface area contributed by atoms with Gasteiger partial charge in [0.05, 0.1) is 17.7 Å². The zero-order chi connectivity index (χ0) is 15.1. The van der Waals surface area contributed by atoms with Crippen molar-refractivity contribution in [3.8, 4) is 17.6 Å². The summed E-state index contributed by atoms with van der Waals surface area (Å²) in [5.74, 6) is 1.35. The summed E-state index contributed by atoms with van der Waals surface area (Å²) >= 11 is 0. The fourth-order valence-electron chi connectivity index (χ4n) is 1.84. The lowest BCUT2D eigenvalue weighted by molar-refractivity contribution is 0.196. The SMILES string of the molecule is C[C@H](O)c1cccc(OCCOc2cccc(C#N)c2)c1. The summed E-state index contributed by atoms with van der Waals surface area (Å²) in [6, 6.07) is 16.4. The molecular weight excluding hydrogens is 266 g/mol. The molecule has 0 unspecified atom stereocenters. The first-order chi connectivity index (χ1) is 10.2. The lowest BCUT2D eigenvalue weighted by Crippen LogP contribution is -2.09. The van der Waals surface area contributed by atoms with Crippen molar-refractivity contribution < 1.29 is 14.6 Å². The molecule has 0 aliphatic carbocycles. The molecule has 0 saturated carbocycles. The van der Waals surface area contributed by atoms with Crippen LogP contribution in [-0.4, -0.2) is 18.3 Å². The Morgan fingerprint density at radius 2 is 1.67 bits per heavy atom. The van der Waals surface area contributed by atoms with Gasteiger partial charge in [-0.05, 0) is 42.8 Å². The number of ether oxygens (including phenoxy) is 2. The second-order valence-corrected chi connectivity index (χ2v) is 4.59. The van der Waals surface area contributed by atoms with Crippen molar-refractivity contribution in [2.24, 2.45) is 0 Å². The summed E-state index contributed by atoms with van der Waals surface area (Å²) in [5, 5.41) is 18.3. The van der Waals surface area contributed by atoms with Crippen LogP contribution in [0, 0.1) is 11.3 Å². The molecule has 1 N–H and O–H groups in total. The molecule has 108 valence electrons. The highest BCUT2D eigenvalue weighted by Crippen LogP contribution is 2.19. The first kappa shape index (κ1) is 14.9. The molecular formula is C17H17NO3. The van der Waals surface area contributed by atoms with Gasteiger partial charge in [-0.3, -0.25) is 0 Å². The molecule has 0 aromatic heterocycles. The molecule has 0 aliphatic heterocycles. The van der Waals surface area contributed by atoms with Gasteiger partial charge >= 0.3 is 0 Å². The molecule has 4 nitrogen and oxygen atoms in total. The van der Waals surface area contributed by atoms with Gasteiger partial charge in [-0.25, -0.2) is 0 Å². The topological polar surface area (TPSA) is 62.5 Å². The molecule has 0 fully saturated rings. The highest BCUT2D eigenvalue weighted by Gasteiger charge is 2.02. The third kappa shape index (κ3) is 4.51. The van der Waals surface area contributed by atoms with Crippen LogP contribution in [0.2, 0.25) is 0 Å². The lowest BCUT2D eigenvalue weighted by Gasteiger charge is -2.10. The number of nitriles is 1. The van der Waals surface area contributed by atoms with E-state index in [-0.39, 0.29) is 0 Å². The smallest absolute Gasteiger partial charge is 0.122 e. The van der Waals surface area contributed by atoms with E-state index in [1.54, 1.807) is 37.3 Å². The molecule has 2 rings (SSSR count). The lowest BCUT2D eigenvalue weighted by atomic mass is 10.1. The minimum Gasteiger partial charge on any atom is -0.490 e. The number of benzene rings is 2. The number of hydrogen-bond donors (Lipinski definition) is 1. The van der Waals surface area contributed by atoms with Crippen LogP contribution in [0.4, 0.5) is 0 Å². The third-order valence-electron chi connectivity index (χ3n) is 2.92. The Hall–Kier alpha value is -2.51. The maximum Gasteiger partial charge on any atom is 0.122 e. The van der Waals surface area contributed by atoms with E-state index in [9.17, 15) is 5.11 Å². The molecule has 0 aliphatic rings. The normalized spacial score (nSPS) is 11.5. The highest BCUT2D eigenvalue weighted by molar-refractivity contribution is 5.36. The van der Waals surface area contributed by atoms with Crippen molar-refractivity contribution in [2.45, 2.75) is 13.0 Å². The summed E-state index contributed by atoms with van der Waals surface area (Å²) in [5.41, 5.74) is 1.38. The van der Waals surface area contributed by atoms with Gasteiger partial charge in [-0.2, -0.15) is 5.26 Å². The van der Waals surface area contributed by atoms with E-state index in [0.717, 1.165) is 5.56 Å². The van der Waals surface area contributed by atoms with Crippen molar-refractivity contribution >= 4 is 0 Å². The van der Waals surface area contributed by atoms with Crippen LogP contribution in [0.25, 0.3) is 0 Å². The van der Waals surface area contributed by atoms with E-state index < -0.39 is 6.10 Å². The standard InChI is InChI=1S/C17H17NO3/c1-13(19)15-5-3-7-17(11-15)21-9-8-20-16-6-2-4-14(10-16)12-18/h2-7,10-11,13,19H,8-9H2,1H3/t13-/m0/s1. The Bertz CT molecular complexity index is 632. The maximum absolute atomic E-state index is 9.51. The predicted octanol–water partition coefficient (Wildman–Crippen LogP) is 3.07. The van der Waals surface area contributed by atoms with Gasteiger partial charge in [0.2, 0.25) is 0 Å². The van der Waals surface area contributed by atoms with E-state index in [1.807, 2.05) is 18.2 Å². The molecule has 1 atom stereocenters. The molecule has 0 amide bonds. The van der Waals surface area contributed by atoms with Gasteiger partial charge in [0.25, 0.3) is 0 Å². The molecule has 21 heavy (non-hydrogen) atoms. The van der Waals surface area contributed by atoms with Gasteiger partial charge in [0.15, 0.2) is 0 Å². The van der Waals surface area contributed by atoms with Gasteiger partial charge in [-0.1, -0.05) is 18.2 Å². The van der Waals surface area contributed by atoms with Gasteiger partial charge in [0, 0.05) is 0 Å². The molecule has 0 radical (unpaired) electrons. The molecule has 0 heterocycles. The minimum atomic E-state index is -0.515. The summed E-state index contributed by atoms with van der Waals surface area (Å²) in [6.45, 7) is 2.48. The predicted molar refractivity (Wildman–Crippen MR) is 79.2 cm³/mol. The minimum absolute atomic E-state index is 0.383. The van der Waals surface area contributed by atoms with Crippen molar-refractivity contribution in [3.63, 3.8) is 0 Å². The van der Waals surface area contributed by atoms with Crippen molar-refractivity contribution in [3.05, 3.63) is 59.7 Å². The molecule has 2 aromatic carbocycles. The van der Waals surface area contributed by atoms with Gasteiger partial charge in [-0.15, -0.1) is 0 Å². The quantitative estimate of drug-likeness (QED) is 0.828. The Morgan fingerprint density at radius 3 is 2.29 bits per heavy atom. The number of aliphatic hydroxyl groups excluding tert-OH is 1. The first-order valence-electron chi connectivity index (χ1n) is 6.73. The zero-order valence-corrected chi connectivity index (χ0v) is 11.8. The Balaban J connectivity index is 1.82. The molecule has 0 saturated heterocycles. The van der Waals surface area contributed by atoms with Crippen molar-refractivity contribution in [1.29, 1.82) is 5.26 Å². The van der Waals surface area contributed by atoms with E-state index in [2.05, 4.69) is 6.07 Å². The Labute approximate surface area is 124 Å². The Kier molecular flexibility index (Phi) is 5.19. The second-order valence-electron chi connectivity index (χ2n) is 4.59.